The van der Waals surface area contributed by atoms with Gasteiger partial charge in [-0.3, -0.25) is 9.88 Å². The second-order valence-electron chi connectivity index (χ2n) is 9.05. The minimum Gasteiger partial charge on any atom is -0.497 e. The fourth-order valence-electron chi connectivity index (χ4n) is 4.69. The second kappa shape index (κ2) is 10.9. The highest BCUT2D eigenvalue weighted by molar-refractivity contribution is 5.85. The van der Waals surface area contributed by atoms with Gasteiger partial charge in [0.2, 0.25) is 0 Å². The predicted octanol–water partition coefficient (Wildman–Crippen LogP) is 3.72. The van der Waals surface area contributed by atoms with Gasteiger partial charge in [0.15, 0.2) is 11.5 Å². The van der Waals surface area contributed by atoms with Crippen molar-refractivity contribution in [1.29, 1.82) is 5.26 Å². The molecule has 36 heavy (non-hydrogen) atoms. The van der Waals surface area contributed by atoms with Gasteiger partial charge in [-0.05, 0) is 55.8 Å². The first kappa shape index (κ1) is 23.9. The molecule has 0 amide bonds. The van der Waals surface area contributed by atoms with E-state index in [0.29, 0.717) is 24.8 Å². The monoisotopic (exact) mass is 485 g/mol. The van der Waals surface area contributed by atoms with Crippen LogP contribution in [0.15, 0.2) is 54.7 Å². The molecule has 8 nitrogen and oxygen atoms in total. The molecule has 1 aromatic heterocycles. The molecule has 5 rings (SSSR count). The molecule has 0 fully saturated rings. The molecule has 0 saturated carbocycles. The Hall–Kier alpha value is -3.80. The highest BCUT2D eigenvalue weighted by Gasteiger charge is 2.21. The van der Waals surface area contributed by atoms with E-state index in [0.717, 1.165) is 65.6 Å². The summed E-state index contributed by atoms with van der Waals surface area (Å²) >= 11 is 0. The van der Waals surface area contributed by atoms with Crippen LogP contribution in [0, 0.1) is 11.3 Å². The molecular weight excluding hydrogens is 454 g/mol. The molecule has 186 valence electrons. The maximum Gasteiger partial charge on any atom is 0.163 e. The molecule has 2 aliphatic rings. The number of fused-ring (bicyclic) bond motifs is 2. The van der Waals surface area contributed by atoms with Crippen LogP contribution in [0.1, 0.15) is 18.1 Å². The molecule has 2 atom stereocenters. The summed E-state index contributed by atoms with van der Waals surface area (Å²) in [5, 5.41) is 17.8. The van der Waals surface area contributed by atoms with Gasteiger partial charge >= 0.3 is 0 Å². The molecule has 0 spiro atoms. The lowest BCUT2D eigenvalue weighted by Crippen LogP contribution is -2.48. The predicted molar refractivity (Wildman–Crippen MR) is 140 cm³/mol. The molecule has 0 aliphatic carbocycles. The number of nitrogens with zero attached hydrogens (tertiary/aromatic N) is 3. The molecule has 0 saturated heterocycles. The lowest BCUT2D eigenvalue weighted by molar-refractivity contribution is 0.171. The van der Waals surface area contributed by atoms with Gasteiger partial charge in [-0.2, -0.15) is 5.26 Å². The first-order valence-corrected chi connectivity index (χ1v) is 12.3. The van der Waals surface area contributed by atoms with Crippen LogP contribution >= 0.6 is 0 Å². The van der Waals surface area contributed by atoms with Gasteiger partial charge in [0.25, 0.3) is 0 Å². The van der Waals surface area contributed by atoms with Crippen LogP contribution in [-0.4, -0.2) is 62.0 Å². The van der Waals surface area contributed by atoms with E-state index >= 15 is 0 Å². The minimum atomic E-state index is 0.219. The maximum atomic E-state index is 9.65. The molecule has 0 radical (unpaired) electrons. The van der Waals surface area contributed by atoms with Gasteiger partial charge in [0, 0.05) is 42.0 Å². The fraction of sp³-hybridized carbons (Fsp3) is 0.357. The average Bonchev–Trinajstić information content (AvgIpc) is 2.92. The number of rotatable bonds is 8. The average molecular weight is 486 g/mol. The van der Waals surface area contributed by atoms with Gasteiger partial charge in [0.1, 0.15) is 25.0 Å². The van der Waals surface area contributed by atoms with Crippen molar-refractivity contribution in [2.24, 2.45) is 0 Å². The summed E-state index contributed by atoms with van der Waals surface area (Å²) < 4.78 is 16.7. The lowest BCUT2D eigenvalue weighted by atomic mass is 10.0. The molecule has 3 heterocycles. The topological polar surface area (TPSA) is 91.7 Å². The van der Waals surface area contributed by atoms with Crippen molar-refractivity contribution in [1.82, 2.24) is 15.2 Å². The zero-order chi connectivity index (χ0) is 24.9. The summed E-state index contributed by atoms with van der Waals surface area (Å²) in [6, 6.07) is 14.6. The Morgan fingerprint density at radius 1 is 1.14 bits per heavy atom. The Kier molecular flexibility index (Phi) is 7.21. The first-order chi connectivity index (χ1) is 17.6. The number of ether oxygens (including phenoxy) is 3. The third-order valence-corrected chi connectivity index (χ3v) is 6.75. The normalized spacial score (nSPS) is 19.1. The van der Waals surface area contributed by atoms with E-state index in [9.17, 15) is 5.26 Å². The van der Waals surface area contributed by atoms with Gasteiger partial charge in [-0.25, -0.2) is 0 Å². The van der Waals surface area contributed by atoms with Crippen LogP contribution in [0.4, 0.5) is 5.69 Å². The van der Waals surface area contributed by atoms with Crippen LogP contribution in [0.25, 0.3) is 10.9 Å². The number of methoxy groups -OCH3 is 1. The SMILES string of the molecule is COc1ccc2ncc(C#N)c(CCN[C@H]3C=CC(C)N(CNc4ccc5c(c4)OCCO5)C3)c2c1. The molecule has 2 aliphatic heterocycles. The smallest absolute Gasteiger partial charge is 0.163 e. The number of anilines is 1. The molecule has 2 aromatic carbocycles. The van der Waals surface area contributed by atoms with Crippen molar-refractivity contribution >= 4 is 16.6 Å². The summed E-state index contributed by atoms with van der Waals surface area (Å²) in [6.45, 7) is 5.72. The lowest BCUT2D eigenvalue weighted by Gasteiger charge is -2.34. The van der Waals surface area contributed by atoms with Gasteiger partial charge in [-0.15, -0.1) is 0 Å². The highest BCUT2D eigenvalue weighted by Crippen LogP contribution is 2.32. The van der Waals surface area contributed by atoms with Crippen LogP contribution < -0.4 is 24.8 Å². The number of pyridine rings is 1. The quantitative estimate of drug-likeness (QED) is 0.467. The maximum absolute atomic E-state index is 9.65. The molecule has 2 N–H and O–H groups in total. The van der Waals surface area contributed by atoms with Crippen molar-refractivity contribution in [3.05, 3.63) is 65.9 Å². The van der Waals surface area contributed by atoms with E-state index in [1.54, 1.807) is 13.3 Å². The number of aromatic nitrogens is 1. The van der Waals surface area contributed by atoms with Gasteiger partial charge < -0.3 is 24.8 Å². The molecule has 1 unspecified atom stereocenters. The number of nitriles is 1. The van der Waals surface area contributed by atoms with Crippen molar-refractivity contribution in [3.63, 3.8) is 0 Å². The molecule has 3 aromatic rings. The third kappa shape index (κ3) is 5.23. The summed E-state index contributed by atoms with van der Waals surface area (Å²) in [5.74, 6) is 2.35. The van der Waals surface area contributed by atoms with E-state index in [2.05, 4.69) is 45.7 Å². The van der Waals surface area contributed by atoms with Gasteiger partial charge in [0.05, 0.1) is 24.9 Å². The van der Waals surface area contributed by atoms with E-state index in [-0.39, 0.29) is 6.04 Å². The number of nitrogens with one attached hydrogen (secondary N) is 2. The fourth-order valence-corrected chi connectivity index (χ4v) is 4.69. The van der Waals surface area contributed by atoms with E-state index in [4.69, 9.17) is 14.2 Å². The Balaban J connectivity index is 1.20. The molecule has 0 bridgehead atoms. The van der Waals surface area contributed by atoms with E-state index in [1.165, 1.54) is 0 Å². The van der Waals surface area contributed by atoms with Crippen molar-refractivity contribution < 1.29 is 14.2 Å². The Morgan fingerprint density at radius 3 is 2.83 bits per heavy atom. The Bertz CT molecular complexity index is 1300. The number of hydrogen-bond donors (Lipinski definition) is 2. The third-order valence-electron chi connectivity index (χ3n) is 6.75. The highest BCUT2D eigenvalue weighted by atomic mass is 16.6. The van der Waals surface area contributed by atoms with Crippen LogP contribution in [0.3, 0.4) is 0 Å². The van der Waals surface area contributed by atoms with E-state index in [1.807, 2.05) is 36.4 Å². The summed E-state index contributed by atoms with van der Waals surface area (Å²) in [6.07, 6.45) is 6.87. The standard InChI is InChI=1S/C28H31N5O3/c1-19-3-4-22(17-33(19)18-32-21-5-8-27-28(13-21)36-12-11-35-27)30-10-9-24-20(15-29)16-31-26-7-6-23(34-2)14-25(24)26/h3-8,13-14,16,19,22,30,32H,9-12,17-18H2,1-2H3/t19?,22-/m0/s1. The summed E-state index contributed by atoms with van der Waals surface area (Å²) in [7, 11) is 1.65. The Labute approximate surface area is 211 Å². The van der Waals surface area contributed by atoms with Gasteiger partial charge in [-0.1, -0.05) is 12.2 Å². The second-order valence-corrected chi connectivity index (χ2v) is 9.05. The first-order valence-electron chi connectivity index (χ1n) is 12.3. The molecular formula is C28H31N5O3. The van der Waals surface area contributed by atoms with Crippen molar-refractivity contribution in [3.8, 4) is 23.3 Å². The Morgan fingerprint density at radius 2 is 2.00 bits per heavy atom. The summed E-state index contributed by atoms with van der Waals surface area (Å²) in [5.41, 5.74) is 3.48. The van der Waals surface area contributed by atoms with E-state index < -0.39 is 0 Å². The number of benzene rings is 2. The molecule has 8 heteroatoms. The van der Waals surface area contributed by atoms with Crippen LogP contribution in [0.2, 0.25) is 0 Å². The largest absolute Gasteiger partial charge is 0.497 e. The van der Waals surface area contributed by atoms with Crippen molar-refractivity contribution in [2.75, 3.05) is 45.4 Å². The van der Waals surface area contributed by atoms with Crippen LogP contribution in [0.5, 0.6) is 17.2 Å². The minimum absolute atomic E-state index is 0.219. The van der Waals surface area contributed by atoms with Crippen molar-refractivity contribution in [2.45, 2.75) is 25.4 Å². The number of hydrogen-bond acceptors (Lipinski definition) is 8. The van der Waals surface area contributed by atoms with Crippen LogP contribution in [-0.2, 0) is 6.42 Å². The zero-order valence-electron chi connectivity index (χ0n) is 20.7. The summed E-state index contributed by atoms with van der Waals surface area (Å²) in [4.78, 5) is 6.83. The zero-order valence-corrected chi connectivity index (χ0v) is 20.7.